The topological polar surface area (TPSA) is 73.7 Å². The summed E-state index contributed by atoms with van der Waals surface area (Å²) in [5, 5.41) is 17.6. The minimum Gasteiger partial charge on any atom is -0.412 e. The highest BCUT2D eigenvalue weighted by Gasteiger charge is 2.46. The number of nitrogens with one attached hydrogen (secondary N) is 1. The summed E-state index contributed by atoms with van der Waals surface area (Å²) < 4.78 is 6.09. The Morgan fingerprint density at radius 2 is 2.29 bits per heavy atom. The summed E-state index contributed by atoms with van der Waals surface area (Å²) in [4.78, 5) is 9.97. The van der Waals surface area contributed by atoms with Gasteiger partial charge in [-0.15, -0.1) is 0 Å². The number of aliphatic hydroxyl groups is 1. The SMILES string of the molecule is CC1CCC(O)(C(C)C)CC1C1=NN2CCCOB2c2cnc3[nH]ccc3c21. The maximum Gasteiger partial charge on any atom is 0.471 e. The molecule has 0 aromatic carbocycles. The van der Waals surface area contributed by atoms with E-state index in [0.29, 0.717) is 5.92 Å². The number of nitrogens with zero attached hydrogens (tertiary/aromatic N) is 3. The average Bonchev–Trinajstić information content (AvgIpc) is 3.18. The van der Waals surface area contributed by atoms with Gasteiger partial charge in [-0.25, -0.2) is 4.98 Å². The maximum atomic E-state index is 11.3. The van der Waals surface area contributed by atoms with Crippen LogP contribution in [-0.2, 0) is 4.65 Å². The lowest BCUT2D eigenvalue weighted by Gasteiger charge is -2.45. The predicted molar refractivity (Wildman–Crippen MR) is 112 cm³/mol. The van der Waals surface area contributed by atoms with E-state index in [1.54, 1.807) is 0 Å². The van der Waals surface area contributed by atoms with Crippen molar-refractivity contribution >= 4 is 29.3 Å². The number of pyridine rings is 1. The van der Waals surface area contributed by atoms with E-state index in [4.69, 9.17) is 9.76 Å². The van der Waals surface area contributed by atoms with Crippen molar-refractivity contribution in [3.8, 4) is 0 Å². The molecule has 0 spiro atoms. The quantitative estimate of drug-likeness (QED) is 0.786. The van der Waals surface area contributed by atoms with Gasteiger partial charge in [0.25, 0.3) is 0 Å². The smallest absolute Gasteiger partial charge is 0.412 e. The second-order valence-electron chi connectivity index (χ2n) is 9.14. The van der Waals surface area contributed by atoms with Crippen LogP contribution in [0.2, 0.25) is 0 Å². The fourth-order valence-corrected chi connectivity index (χ4v) is 5.18. The maximum absolute atomic E-state index is 11.3. The number of rotatable bonds is 2. The number of hydrogen-bond acceptors (Lipinski definition) is 5. The molecule has 2 N–H and O–H groups in total. The Morgan fingerprint density at radius 3 is 3.11 bits per heavy atom. The van der Waals surface area contributed by atoms with Gasteiger partial charge < -0.3 is 19.7 Å². The van der Waals surface area contributed by atoms with Crippen molar-refractivity contribution in [2.24, 2.45) is 22.9 Å². The van der Waals surface area contributed by atoms with E-state index in [-0.39, 0.29) is 18.9 Å². The Kier molecular flexibility index (Phi) is 4.28. The molecule has 0 radical (unpaired) electrons. The lowest BCUT2D eigenvalue weighted by Crippen LogP contribution is -2.58. The molecular weight excluding hydrogens is 351 g/mol. The number of hydrogen-bond donors (Lipinski definition) is 2. The molecule has 1 aliphatic carbocycles. The van der Waals surface area contributed by atoms with Crippen LogP contribution in [0.1, 0.15) is 52.0 Å². The summed E-state index contributed by atoms with van der Waals surface area (Å²) >= 11 is 0. The Bertz CT molecular complexity index is 926. The van der Waals surface area contributed by atoms with Gasteiger partial charge >= 0.3 is 7.05 Å². The van der Waals surface area contributed by atoms with Crippen LogP contribution in [-0.4, -0.2) is 51.5 Å². The summed E-state index contributed by atoms with van der Waals surface area (Å²) in [5.41, 5.74) is 3.65. The van der Waals surface area contributed by atoms with Gasteiger partial charge in [0.2, 0.25) is 0 Å². The van der Waals surface area contributed by atoms with E-state index in [1.807, 2.05) is 12.4 Å². The summed E-state index contributed by atoms with van der Waals surface area (Å²) in [5.74, 6) is 0.945. The first kappa shape index (κ1) is 18.2. The van der Waals surface area contributed by atoms with Gasteiger partial charge in [-0.2, -0.15) is 5.10 Å². The van der Waals surface area contributed by atoms with Gasteiger partial charge in [0.15, 0.2) is 0 Å². The van der Waals surface area contributed by atoms with Crippen LogP contribution in [0.4, 0.5) is 0 Å². The molecule has 2 aromatic rings. The summed E-state index contributed by atoms with van der Waals surface area (Å²) in [6, 6.07) is 2.09. The van der Waals surface area contributed by atoms with E-state index in [9.17, 15) is 5.11 Å². The van der Waals surface area contributed by atoms with Crippen molar-refractivity contribution in [3.63, 3.8) is 0 Å². The number of aromatic nitrogens is 2. The van der Waals surface area contributed by atoms with E-state index in [1.165, 1.54) is 5.56 Å². The van der Waals surface area contributed by atoms with Gasteiger partial charge in [-0.3, -0.25) is 0 Å². The van der Waals surface area contributed by atoms with E-state index in [0.717, 1.165) is 61.0 Å². The van der Waals surface area contributed by atoms with Crippen LogP contribution >= 0.6 is 0 Å². The largest absolute Gasteiger partial charge is 0.471 e. The fraction of sp³-hybridized carbons (Fsp3) is 0.619. The van der Waals surface area contributed by atoms with Crippen LogP contribution in [0.15, 0.2) is 23.6 Å². The Balaban J connectivity index is 1.66. The third-order valence-electron chi connectivity index (χ3n) is 7.17. The van der Waals surface area contributed by atoms with Crippen molar-refractivity contribution < 1.29 is 9.76 Å². The van der Waals surface area contributed by atoms with Crippen molar-refractivity contribution in [2.75, 3.05) is 13.2 Å². The third kappa shape index (κ3) is 2.71. The first-order chi connectivity index (χ1) is 13.5. The zero-order chi connectivity index (χ0) is 19.5. The molecule has 28 heavy (non-hydrogen) atoms. The molecule has 2 aromatic heterocycles. The second-order valence-corrected chi connectivity index (χ2v) is 9.14. The molecule has 1 saturated carbocycles. The van der Waals surface area contributed by atoms with E-state index < -0.39 is 5.60 Å². The number of H-pyrrole nitrogens is 1. The molecule has 1 saturated heterocycles. The summed E-state index contributed by atoms with van der Waals surface area (Å²) in [6.45, 7) is 8.22. The highest BCUT2D eigenvalue weighted by Crippen LogP contribution is 2.43. The molecule has 2 aliphatic heterocycles. The standard InChI is InChI=1S/C21H29BN4O2/c1-13(2)21(27)7-5-14(3)16(11-21)19-18-15-6-8-23-20(15)24-12-17(18)22-26(25-19)9-4-10-28-22/h6,8,12-14,16,27H,4-5,7,9-11H2,1-3H3,(H,23,24). The molecule has 3 unspecified atom stereocenters. The van der Waals surface area contributed by atoms with Crippen LogP contribution in [0, 0.1) is 17.8 Å². The zero-order valence-electron chi connectivity index (χ0n) is 17.0. The first-order valence-electron chi connectivity index (χ1n) is 10.6. The molecular formula is C21H29BN4O2. The highest BCUT2D eigenvalue weighted by atomic mass is 16.4. The van der Waals surface area contributed by atoms with Crippen molar-refractivity contribution in [1.82, 2.24) is 14.9 Å². The molecule has 0 bridgehead atoms. The normalized spacial score (nSPS) is 30.4. The second kappa shape index (κ2) is 6.60. The van der Waals surface area contributed by atoms with Gasteiger partial charge in [0.05, 0.1) is 11.3 Å². The fourth-order valence-electron chi connectivity index (χ4n) is 5.18. The monoisotopic (exact) mass is 380 g/mol. The molecule has 2 fully saturated rings. The van der Waals surface area contributed by atoms with Crippen molar-refractivity contribution in [2.45, 2.75) is 52.1 Å². The molecule has 5 rings (SSSR count). The molecule has 7 heteroatoms. The van der Waals surface area contributed by atoms with Gasteiger partial charge in [0.1, 0.15) is 5.65 Å². The van der Waals surface area contributed by atoms with Crippen LogP contribution in [0.5, 0.6) is 0 Å². The number of hydrazone groups is 1. The molecule has 3 atom stereocenters. The van der Waals surface area contributed by atoms with Gasteiger partial charge in [-0.05, 0) is 43.6 Å². The minimum atomic E-state index is -0.626. The lowest BCUT2D eigenvalue weighted by atomic mass is 9.62. The summed E-state index contributed by atoms with van der Waals surface area (Å²) in [7, 11) is -0.151. The molecule has 3 aliphatic rings. The van der Waals surface area contributed by atoms with E-state index in [2.05, 4.69) is 41.7 Å². The Hall–Kier alpha value is -1.86. The Morgan fingerprint density at radius 1 is 1.43 bits per heavy atom. The molecule has 6 nitrogen and oxygen atoms in total. The number of fused-ring (bicyclic) bond motifs is 5. The minimum absolute atomic E-state index is 0.151. The van der Waals surface area contributed by atoms with Crippen LogP contribution in [0.25, 0.3) is 11.0 Å². The van der Waals surface area contributed by atoms with Gasteiger partial charge in [0, 0.05) is 47.9 Å². The number of aromatic amines is 1. The average molecular weight is 380 g/mol. The molecule has 4 heterocycles. The molecule has 0 amide bonds. The van der Waals surface area contributed by atoms with Gasteiger partial charge in [-0.1, -0.05) is 20.8 Å². The van der Waals surface area contributed by atoms with Crippen molar-refractivity contribution in [1.29, 1.82) is 0 Å². The van der Waals surface area contributed by atoms with E-state index >= 15 is 0 Å². The Labute approximate surface area is 166 Å². The summed E-state index contributed by atoms with van der Waals surface area (Å²) in [6.07, 6.45) is 7.53. The van der Waals surface area contributed by atoms with Crippen molar-refractivity contribution in [3.05, 3.63) is 24.0 Å². The van der Waals surface area contributed by atoms with Crippen LogP contribution in [0.3, 0.4) is 0 Å². The highest BCUT2D eigenvalue weighted by molar-refractivity contribution is 6.67. The lowest BCUT2D eigenvalue weighted by molar-refractivity contribution is -0.0564. The molecule has 148 valence electrons. The predicted octanol–water partition coefficient (Wildman–Crippen LogP) is 2.52. The first-order valence-corrected chi connectivity index (χ1v) is 10.6. The zero-order valence-corrected chi connectivity index (χ0v) is 17.0. The third-order valence-corrected chi connectivity index (χ3v) is 7.17. The van der Waals surface area contributed by atoms with Crippen LogP contribution < -0.4 is 5.46 Å².